The predicted octanol–water partition coefficient (Wildman–Crippen LogP) is 3.06. The number of rotatable bonds is 16. The fourth-order valence-corrected chi connectivity index (χ4v) is 13.6. The van der Waals surface area contributed by atoms with Crippen LogP contribution in [0.4, 0.5) is 0 Å². The smallest absolute Gasteiger partial charge is 0.187 e. The molecule has 20 heteroatoms. The van der Waals surface area contributed by atoms with Crippen molar-refractivity contribution in [2.45, 2.75) is 146 Å². The summed E-state index contributed by atoms with van der Waals surface area (Å²) in [5, 5.41) is 95.5. The molecule has 8 bridgehead atoms. The molecule has 0 saturated carbocycles. The first-order valence-corrected chi connectivity index (χ1v) is 28.8. The largest absolute Gasteiger partial charge is 0.387 e. The van der Waals surface area contributed by atoms with E-state index in [1.165, 1.54) is 47.0 Å². The number of hydrogen-bond acceptors (Lipinski definition) is 20. The molecule has 0 aromatic heterocycles. The highest BCUT2D eigenvalue weighted by Gasteiger charge is 2.57. The number of aliphatic hydroxyl groups is 8. The first-order chi connectivity index (χ1) is 35.0. The van der Waals surface area contributed by atoms with E-state index >= 15 is 0 Å². The Bertz CT molecular complexity index is 1910. The topological polar surface area (TPSA) is 236 Å². The quantitative estimate of drug-likeness (QED) is 0.0806. The number of thioether (sulfide) groups is 4. The Morgan fingerprint density at radius 2 is 0.458 bits per heavy atom. The van der Waals surface area contributed by atoms with Gasteiger partial charge in [0.15, 0.2) is 25.2 Å². The molecule has 8 N–H and O–H groups in total. The van der Waals surface area contributed by atoms with Crippen LogP contribution in [-0.4, -0.2) is 187 Å². The Morgan fingerprint density at radius 1 is 0.264 bits per heavy atom. The number of hydrogen-bond donors (Lipinski definition) is 8. The Labute approximate surface area is 436 Å². The first-order valence-electron chi connectivity index (χ1n) is 24.2. The van der Waals surface area contributed by atoms with Crippen LogP contribution in [0.1, 0.15) is 22.3 Å². The Balaban J connectivity index is 1.05. The van der Waals surface area contributed by atoms with Crippen LogP contribution in [-0.2, 0) is 60.9 Å². The van der Waals surface area contributed by atoms with Crippen molar-refractivity contribution >= 4 is 47.0 Å². The third kappa shape index (κ3) is 13.4. The second-order valence-corrected chi connectivity index (χ2v) is 22.6. The second-order valence-electron chi connectivity index (χ2n) is 18.5. The highest BCUT2D eigenvalue weighted by atomic mass is 32.2. The molecule has 16 nitrogen and oxygen atoms in total. The standard InChI is InChI=1S/C52H64O16S4/c53-37-41(57)49-61-33(25-69-21-29-13-5-1-6-14-29)45(37)65-50-42(58)38(54)47(35(62-50)27-71-23-31-17-9-3-10-18-31)67-52-44(60)40(56)48(36(64-52)28-72-24-32-19-11-4-12-20-32)68-51-43(59)39(55)46(66-49)34(63-51)26-70-22-30-15-7-2-8-16-30/h1-20,33-60H,21-28H2/t33-,34-,35-,36-,37-,38-,39-,40-,41-,42-,43-,44-,45-,46-,47-,48-,49-,50-,51-,52-/m0/s1. The van der Waals surface area contributed by atoms with Gasteiger partial charge < -0.3 is 78.7 Å². The SMILES string of the molecule is O[C@@H]1[C@@H]2O[C@@H]3[C@@H](O)[C@H](O)[C@H](O[C@@H]4[C@@H](O)[C@H](O)[C@H](O[C@@H]5[C@@H](O)[C@H](O)[C@H](O[C@H]([C@H]1O)[C@H](CSCc1ccccc1)O2)O[C@H]5CSCc1ccccc1)O[C@H]4CSCc1ccccc1)O[C@H]3CSCc1ccccc1. The van der Waals surface area contributed by atoms with Gasteiger partial charge in [0.05, 0.1) is 24.4 Å². The molecule has 0 unspecified atom stereocenters. The summed E-state index contributed by atoms with van der Waals surface area (Å²) in [6, 6.07) is 38.8. The van der Waals surface area contributed by atoms with Crippen LogP contribution in [0, 0.1) is 0 Å². The van der Waals surface area contributed by atoms with Gasteiger partial charge >= 0.3 is 0 Å². The molecule has 11 saturated heterocycles. The number of ether oxygens (including phenoxy) is 8. The molecule has 392 valence electrons. The van der Waals surface area contributed by atoms with Crippen molar-refractivity contribution in [3.8, 4) is 0 Å². The molecule has 11 aliphatic rings. The van der Waals surface area contributed by atoms with Gasteiger partial charge in [-0.1, -0.05) is 121 Å². The van der Waals surface area contributed by atoms with Crippen molar-refractivity contribution < 1.29 is 78.7 Å². The third-order valence-electron chi connectivity index (χ3n) is 13.3. The maximum Gasteiger partial charge on any atom is 0.187 e. The van der Waals surface area contributed by atoms with Crippen molar-refractivity contribution in [1.29, 1.82) is 0 Å². The maximum atomic E-state index is 12.0. The van der Waals surface area contributed by atoms with E-state index in [0.29, 0.717) is 23.0 Å². The highest BCUT2D eigenvalue weighted by Crippen LogP contribution is 2.39. The van der Waals surface area contributed by atoms with Crippen LogP contribution in [0.5, 0.6) is 0 Å². The number of benzene rings is 4. The van der Waals surface area contributed by atoms with Crippen molar-refractivity contribution in [2.75, 3.05) is 23.0 Å². The molecule has 11 heterocycles. The van der Waals surface area contributed by atoms with Crippen molar-refractivity contribution in [3.63, 3.8) is 0 Å². The van der Waals surface area contributed by atoms with Gasteiger partial charge in [0, 0.05) is 46.0 Å². The monoisotopic (exact) mass is 1070 g/mol. The summed E-state index contributed by atoms with van der Waals surface area (Å²) in [4.78, 5) is 0. The molecule has 72 heavy (non-hydrogen) atoms. The summed E-state index contributed by atoms with van der Waals surface area (Å²) in [7, 11) is 0. The molecule has 0 spiro atoms. The van der Waals surface area contributed by atoms with Gasteiger partial charge in [-0.2, -0.15) is 47.0 Å². The predicted molar refractivity (Wildman–Crippen MR) is 273 cm³/mol. The zero-order valence-corrected chi connectivity index (χ0v) is 42.5. The van der Waals surface area contributed by atoms with E-state index in [2.05, 4.69) is 0 Å². The molecular formula is C52H64O16S4. The molecule has 20 atom stereocenters. The Kier molecular flexibility index (Phi) is 19.7. The lowest BCUT2D eigenvalue weighted by Crippen LogP contribution is -2.69. The second kappa shape index (κ2) is 26.1. The summed E-state index contributed by atoms with van der Waals surface area (Å²) in [5.41, 5.74) is 4.07. The Hall–Kier alpha value is -2.36. The molecule has 11 fully saturated rings. The average molecular weight is 1070 g/mol. The van der Waals surface area contributed by atoms with E-state index in [9.17, 15) is 40.9 Å². The average Bonchev–Trinajstić information content (AvgIpc) is 3.40. The molecule has 4 aromatic carbocycles. The van der Waals surface area contributed by atoms with Gasteiger partial charge in [0.1, 0.15) is 73.2 Å². The third-order valence-corrected chi connectivity index (χ3v) is 17.7. The normalized spacial score (nSPS) is 38.2. The zero-order valence-electron chi connectivity index (χ0n) is 39.2. The summed E-state index contributed by atoms with van der Waals surface area (Å²) < 4.78 is 51.7. The van der Waals surface area contributed by atoms with Crippen LogP contribution in [0.3, 0.4) is 0 Å². The minimum absolute atomic E-state index is 0.181. The minimum Gasteiger partial charge on any atom is -0.387 e. The molecular weight excluding hydrogens is 1010 g/mol. The van der Waals surface area contributed by atoms with Gasteiger partial charge in [-0.05, 0) is 22.3 Å². The first kappa shape index (κ1) is 54.4. The van der Waals surface area contributed by atoms with E-state index < -0.39 is 123 Å². The minimum atomic E-state index is -1.80. The molecule has 4 aromatic rings. The van der Waals surface area contributed by atoms with Crippen LogP contribution in [0.2, 0.25) is 0 Å². The lowest BCUT2D eigenvalue weighted by molar-refractivity contribution is -0.396. The van der Waals surface area contributed by atoms with Crippen molar-refractivity contribution in [2.24, 2.45) is 0 Å². The molecule has 0 radical (unpaired) electrons. The Morgan fingerprint density at radius 3 is 0.653 bits per heavy atom. The van der Waals surface area contributed by atoms with Crippen LogP contribution < -0.4 is 0 Å². The summed E-state index contributed by atoms with van der Waals surface area (Å²) in [6.45, 7) is 0. The maximum absolute atomic E-state index is 12.0. The summed E-state index contributed by atoms with van der Waals surface area (Å²) in [5.74, 6) is 2.89. The van der Waals surface area contributed by atoms with Gasteiger partial charge in [-0.15, -0.1) is 0 Å². The lowest BCUT2D eigenvalue weighted by Gasteiger charge is -2.51. The molecule has 15 rings (SSSR count). The molecule has 0 aliphatic carbocycles. The summed E-state index contributed by atoms with van der Waals surface area (Å²) in [6.07, 6.45) is -30.1. The number of aliphatic hydroxyl groups excluding tert-OH is 8. The van der Waals surface area contributed by atoms with E-state index in [1.54, 1.807) is 0 Å². The molecule has 0 amide bonds. The van der Waals surface area contributed by atoms with Crippen LogP contribution >= 0.6 is 47.0 Å². The fourth-order valence-electron chi connectivity index (χ4n) is 9.37. The van der Waals surface area contributed by atoms with Gasteiger partial charge in [-0.25, -0.2) is 0 Å². The van der Waals surface area contributed by atoms with Gasteiger partial charge in [0.25, 0.3) is 0 Å². The van der Waals surface area contributed by atoms with E-state index in [0.717, 1.165) is 22.3 Å². The van der Waals surface area contributed by atoms with E-state index in [1.807, 2.05) is 121 Å². The van der Waals surface area contributed by atoms with Gasteiger partial charge in [0.2, 0.25) is 0 Å². The van der Waals surface area contributed by atoms with Crippen molar-refractivity contribution in [1.82, 2.24) is 0 Å². The highest BCUT2D eigenvalue weighted by molar-refractivity contribution is 7.99. The van der Waals surface area contributed by atoms with E-state index in [4.69, 9.17) is 37.9 Å². The zero-order chi connectivity index (χ0) is 50.1. The lowest BCUT2D eigenvalue weighted by atomic mass is 9.95. The van der Waals surface area contributed by atoms with Crippen LogP contribution in [0.25, 0.3) is 0 Å². The van der Waals surface area contributed by atoms with Crippen molar-refractivity contribution in [3.05, 3.63) is 144 Å². The van der Waals surface area contributed by atoms with Crippen LogP contribution in [0.15, 0.2) is 121 Å². The van der Waals surface area contributed by atoms with Gasteiger partial charge in [-0.3, -0.25) is 0 Å². The van der Waals surface area contributed by atoms with E-state index in [-0.39, 0.29) is 23.0 Å². The fraction of sp³-hybridized carbons (Fsp3) is 0.538. The summed E-state index contributed by atoms with van der Waals surface area (Å²) >= 11 is 5.83. The molecule has 11 aliphatic heterocycles.